The van der Waals surface area contributed by atoms with Gasteiger partial charge in [-0.05, 0) is 24.1 Å². The number of carbonyl (C=O) groups excluding carboxylic acids is 2. The summed E-state index contributed by atoms with van der Waals surface area (Å²) < 4.78 is 0. The zero-order chi connectivity index (χ0) is 11.5. The van der Waals surface area contributed by atoms with Gasteiger partial charge >= 0.3 is 0 Å². The Balaban J connectivity index is 2.23. The summed E-state index contributed by atoms with van der Waals surface area (Å²) in [6.45, 7) is 0. The highest BCUT2D eigenvalue weighted by Gasteiger charge is 2.28. The largest absolute Gasteiger partial charge is 0.296 e. The molecular weight excluding hydrogens is 272 g/mol. The van der Waals surface area contributed by atoms with E-state index in [-0.39, 0.29) is 17.7 Å². The van der Waals surface area contributed by atoms with Crippen LogP contribution in [0.25, 0.3) is 0 Å². The molecule has 2 heterocycles. The first-order valence-corrected chi connectivity index (χ1v) is 6.17. The molecule has 1 N–H and O–H groups in total. The maximum absolute atomic E-state index is 11.6. The molecule has 4 nitrogen and oxygen atoms in total. The number of nitrogens with zero attached hydrogens (tertiary/aromatic N) is 1. The van der Waals surface area contributed by atoms with Gasteiger partial charge in [0.15, 0.2) is 0 Å². The number of piperidine rings is 1. The normalized spacial score (nSPS) is 20.7. The number of carbonyl (C=O) groups is 2. The van der Waals surface area contributed by atoms with Crippen LogP contribution in [0.15, 0.2) is 18.3 Å². The second-order valence-electron chi connectivity index (χ2n) is 3.73. The smallest absolute Gasteiger partial charge is 0.235 e. The average molecular weight is 283 g/mol. The van der Waals surface area contributed by atoms with Crippen molar-refractivity contribution in [1.82, 2.24) is 10.3 Å². The third-order valence-electron chi connectivity index (χ3n) is 2.60. The number of alkyl halides is 1. The first-order chi connectivity index (χ1) is 7.70. The number of hydrogen-bond acceptors (Lipinski definition) is 3. The molecule has 2 rings (SSSR count). The molecule has 84 valence electrons. The van der Waals surface area contributed by atoms with Gasteiger partial charge < -0.3 is 0 Å². The molecule has 2 amide bonds. The molecule has 0 radical (unpaired) electrons. The Morgan fingerprint density at radius 3 is 3.00 bits per heavy atom. The average Bonchev–Trinajstić information content (AvgIpc) is 2.29. The summed E-state index contributed by atoms with van der Waals surface area (Å²) in [6, 6.07) is 3.79. The second kappa shape index (κ2) is 4.74. The fourth-order valence-electron chi connectivity index (χ4n) is 1.74. The molecule has 1 aromatic heterocycles. The Labute approximate surface area is 102 Å². The molecule has 0 aromatic carbocycles. The molecule has 1 aromatic rings. The second-order valence-corrected chi connectivity index (χ2v) is 4.29. The van der Waals surface area contributed by atoms with E-state index in [9.17, 15) is 9.59 Å². The van der Waals surface area contributed by atoms with Gasteiger partial charge in [-0.25, -0.2) is 0 Å². The molecule has 0 saturated carbocycles. The van der Waals surface area contributed by atoms with Crippen molar-refractivity contribution in [3.05, 3.63) is 29.6 Å². The number of imide groups is 1. The fraction of sp³-hybridized carbons (Fsp3) is 0.364. The molecule has 0 aliphatic carbocycles. The van der Waals surface area contributed by atoms with E-state index < -0.39 is 0 Å². The lowest BCUT2D eigenvalue weighted by molar-refractivity contribution is -0.134. The highest BCUT2D eigenvalue weighted by molar-refractivity contribution is 9.08. The number of halogens is 1. The van der Waals surface area contributed by atoms with Gasteiger partial charge in [0.05, 0.1) is 11.6 Å². The van der Waals surface area contributed by atoms with Gasteiger partial charge in [-0.2, -0.15) is 0 Å². The Morgan fingerprint density at radius 1 is 1.50 bits per heavy atom. The lowest BCUT2D eigenvalue weighted by Crippen LogP contribution is -2.39. The van der Waals surface area contributed by atoms with Crippen LogP contribution >= 0.6 is 15.9 Å². The highest BCUT2D eigenvalue weighted by Crippen LogP contribution is 2.23. The van der Waals surface area contributed by atoms with Gasteiger partial charge in [0, 0.05) is 17.9 Å². The van der Waals surface area contributed by atoms with Crippen LogP contribution in [0, 0.1) is 0 Å². The number of rotatable bonds is 2. The molecule has 1 atom stereocenters. The standard InChI is InChI=1S/C11H11BrN2O2/c12-6-7-3-4-13-9(5-7)8-1-2-10(15)14-11(8)16/h3-5,8H,1-2,6H2,(H,14,15,16). The van der Waals surface area contributed by atoms with Crippen LogP contribution in [-0.4, -0.2) is 16.8 Å². The van der Waals surface area contributed by atoms with Crippen molar-refractivity contribution >= 4 is 27.7 Å². The van der Waals surface area contributed by atoms with Crippen molar-refractivity contribution < 1.29 is 9.59 Å². The van der Waals surface area contributed by atoms with Crippen molar-refractivity contribution in [2.75, 3.05) is 0 Å². The molecule has 16 heavy (non-hydrogen) atoms. The van der Waals surface area contributed by atoms with E-state index in [0.29, 0.717) is 12.8 Å². The van der Waals surface area contributed by atoms with Gasteiger partial charge in [0.25, 0.3) is 0 Å². The molecular formula is C11H11BrN2O2. The zero-order valence-corrected chi connectivity index (χ0v) is 10.2. The summed E-state index contributed by atoms with van der Waals surface area (Å²) in [5.74, 6) is -0.731. The monoisotopic (exact) mass is 282 g/mol. The summed E-state index contributed by atoms with van der Waals surface area (Å²) in [5, 5.41) is 3.07. The topological polar surface area (TPSA) is 59.1 Å². The lowest BCUT2D eigenvalue weighted by Gasteiger charge is -2.20. The minimum absolute atomic E-state index is 0.196. The van der Waals surface area contributed by atoms with Crippen molar-refractivity contribution in [1.29, 1.82) is 0 Å². The first-order valence-electron chi connectivity index (χ1n) is 5.05. The summed E-state index contributed by atoms with van der Waals surface area (Å²) in [7, 11) is 0. The van der Waals surface area contributed by atoms with E-state index in [0.717, 1.165) is 16.6 Å². The summed E-state index contributed by atoms with van der Waals surface area (Å²) in [6.07, 6.45) is 2.62. The molecule has 5 heteroatoms. The van der Waals surface area contributed by atoms with Gasteiger partial charge in [0.1, 0.15) is 0 Å². The third-order valence-corrected chi connectivity index (χ3v) is 3.24. The van der Waals surface area contributed by atoms with Crippen LogP contribution in [0.1, 0.15) is 30.0 Å². The van der Waals surface area contributed by atoms with Crippen molar-refractivity contribution in [3.8, 4) is 0 Å². The lowest BCUT2D eigenvalue weighted by atomic mass is 9.94. The quantitative estimate of drug-likeness (QED) is 0.661. The van der Waals surface area contributed by atoms with E-state index in [1.807, 2.05) is 12.1 Å². The Hall–Kier alpha value is -1.23. The predicted octanol–water partition coefficient (Wildman–Crippen LogP) is 1.50. The number of pyridine rings is 1. The van der Waals surface area contributed by atoms with Gasteiger partial charge in [0.2, 0.25) is 11.8 Å². The molecule has 1 saturated heterocycles. The minimum Gasteiger partial charge on any atom is -0.296 e. The van der Waals surface area contributed by atoms with Crippen LogP contribution in [0.5, 0.6) is 0 Å². The predicted molar refractivity (Wildman–Crippen MR) is 62.0 cm³/mol. The third kappa shape index (κ3) is 2.29. The van der Waals surface area contributed by atoms with Gasteiger partial charge in [-0.1, -0.05) is 15.9 Å². The van der Waals surface area contributed by atoms with Gasteiger partial charge in [-0.15, -0.1) is 0 Å². The van der Waals surface area contributed by atoms with Crippen LogP contribution in [0.3, 0.4) is 0 Å². The summed E-state index contributed by atoms with van der Waals surface area (Å²) in [4.78, 5) is 26.8. The SMILES string of the molecule is O=C1CCC(c2cc(CBr)ccn2)C(=O)N1. The van der Waals surface area contributed by atoms with Crippen LogP contribution in [0.2, 0.25) is 0 Å². The van der Waals surface area contributed by atoms with Gasteiger partial charge in [-0.3, -0.25) is 19.9 Å². The van der Waals surface area contributed by atoms with Crippen molar-refractivity contribution in [3.63, 3.8) is 0 Å². The number of hydrogen-bond donors (Lipinski definition) is 1. The first kappa shape index (κ1) is 11.3. The Bertz CT molecular complexity index is 434. The van der Waals surface area contributed by atoms with Crippen molar-refractivity contribution in [2.24, 2.45) is 0 Å². The van der Waals surface area contributed by atoms with E-state index in [1.165, 1.54) is 0 Å². The maximum Gasteiger partial charge on any atom is 0.235 e. The van der Waals surface area contributed by atoms with Crippen LogP contribution in [-0.2, 0) is 14.9 Å². The number of nitrogens with one attached hydrogen (secondary N) is 1. The molecule has 0 spiro atoms. The Morgan fingerprint density at radius 2 is 2.31 bits per heavy atom. The Kier molecular flexibility index (Phi) is 3.33. The van der Waals surface area contributed by atoms with E-state index in [4.69, 9.17) is 0 Å². The number of amides is 2. The number of aromatic nitrogens is 1. The molecule has 1 unspecified atom stereocenters. The van der Waals surface area contributed by atoms with Crippen LogP contribution in [0.4, 0.5) is 0 Å². The summed E-state index contributed by atoms with van der Waals surface area (Å²) >= 11 is 3.36. The van der Waals surface area contributed by atoms with E-state index in [1.54, 1.807) is 6.20 Å². The minimum atomic E-state index is -0.295. The molecule has 1 aliphatic rings. The zero-order valence-electron chi connectivity index (χ0n) is 8.57. The fourth-order valence-corrected chi connectivity index (χ4v) is 2.09. The van der Waals surface area contributed by atoms with E-state index >= 15 is 0 Å². The van der Waals surface area contributed by atoms with Crippen LogP contribution < -0.4 is 5.32 Å². The molecule has 0 bridgehead atoms. The molecule has 1 fully saturated rings. The van der Waals surface area contributed by atoms with Crippen molar-refractivity contribution in [2.45, 2.75) is 24.1 Å². The van der Waals surface area contributed by atoms with E-state index in [2.05, 4.69) is 26.2 Å². The maximum atomic E-state index is 11.6. The summed E-state index contributed by atoms with van der Waals surface area (Å²) in [5.41, 5.74) is 1.82. The molecule has 1 aliphatic heterocycles. The highest BCUT2D eigenvalue weighted by atomic mass is 79.9.